The third-order valence-electron chi connectivity index (χ3n) is 5.52. The van der Waals surface area contributed by atoms with Crippen LogP contribution in [0.4, 0.5) is 11.6 Å². The van der Waals surface area contributed by atoms with Gasteiger partial charge in [-0.15, -0.1) is 0 Å². The van der Waals surface area contributed by atoms with E-state index in [0.29, 0.717) is 23.3 Å². The summed E-state index contributed by atoms with van der Waals surface area (Å²) >= 11 is 0. The Balaban J connectivity index is 1.62. The van der Waals surface area contributed by atoms with Crippen LogP contribution in [-0.4, -0.2) is 33.1 Å². The molecule has 1 saturated heterocycles. The summed E-state index contributed by atoms with van der Waals surface area (Å²) in [5.74, 6) is 1.83. The van der Waals surface area contributed by atoms with Crippen LogP contribution in [0.1, 0.15) is 61.9 Å². The predicted molar refractivity (Wildman–Crippen MR) is 112 cm³/mol. The molecule has 1 unspecified atom stereocenters. The van der Waals surface area contributed by atoms with Crippen LogP contribution < -0.4 is 10.2 Å². The summed E-state index contributed by atoms with van der Waals surface area (Å²) < 4.78 is 1.86. The monoisotopic (exact) mass is 377 g/mol. The third kappa shape index (κ3) is 3.59. The smallest absolute Gasteiger partial charge is 0.256 e. The van der Waals surface area contributed by atoms with E-state index >= 15 is 0 Å². The molecule has 28 heavy (non-hydrogen) atoms. The lowest BCUT2D eigenvalue weighted by Crippen LogP contribution is -2.38. The van der Waals surface area contributed by atoms with Crippen LogP contribution in [-0.2, 0) is 0 Å². The molecule has 0 radical (unpaired) electrons. The fourth-order valence-corrected chi connectivity index (χ4v) is 3.81. The highest BCUT2D eigenvalue weighted by molar-refractivity contribution is 6.04. The minimum absolute atomic E-state index is 0.149. The van der Waals surface area contributed by atoms with Crippen molar-refractivity contribution >= 4 is 23.2 Å². The molecule has 6 heteroatoms. The zero-order valence-electron chi connectivity index (χ0n) is 16.7. The Hall–Kier alpha value is -2.89. The van der Waals surface area contributed by atoms with Gasteiger partial charge in [-0.3, -0.25) is 4.79 Å². The lowest BCUT2D eigenvalue weighted by atomic mass is 10.0. The van der Waals surface area contributed by atoms with Gasteiger partial charge in [0, 0.05) is 30.3 Å². The Labute approximate surface area is 165 Å². The molecule has 0 spiro atoms. The Morgan fingerprint density at radius 2 is 1.96 bits per heavy atom. The molecule has 1 N–H and O–H groups in total. The van der Waals surface area contributed by atoms with Gasteiger partial charge in [0.2, 0.25) is 0 Å². The number of nitrogens with zero attached hydrogens (tertiary/aromatic N) is 4. The molecule has 1 aliphatic heterocycles. The van der Waals surface area contributed by atoms with Gasteiger partial charge in [0.05, 0.1) is 6.20 Å². The number of piperidine rings is 1. The van der Waals surface area contributed by atoms with Crippen LogP contribution in [0.5, 0.6) is 0 Å². The highest BCUT2D eigenvalue weighted by Gasteiger charge is 2.22. The molecule has 1 amide bonds. The van der Waals surface area contributed by atoms with Gasteiger partial charge in [0.25, 0.3) is 5.91 Å². The molecule has 1 aromatic carbocycles. The standard InChI is InChI=1S/C22H27N5O/c1-15(2)17-7-9-18(10-8-17)22(28)25-19-14-21(26-13-5-4-6-16(26)3)27-20(24-19)11-12-23-27/h7-12,14-16H,4-6,13H2,1-3H3,(H,24,25,28). The normalized spacial score (nSPS) is 17.3. The van der Waals surface area contributed by atoms with Crippen molar-refractivity contribution in [2.75, 3.05) is 16.8 Å². The van der Waals surface area contributed by atoms with E-state index in [1.807, 2.05) is 40.9 Å². The van der Waals surface area contributed by atoms with Gasteiger partial charge < -0.3 is 10.2 Å². The molecule has 6 nitrogen and oxygen atoms in total. The van der Waals surface area contributed by atoms with Crippen LogP contribution in [0.15, 0.2) is 42.6 Å². The maximum absolute atomic E-state index is 12.7. The minimum atomic E-state index is -0.149. The Morgan fingerprint density at radius 1 is 1.18 bits per heavy atom. The summed E-state index contributed by atoms with van der Waals surface area (Å²) in [7, 11) is 0. The Kier molecular flexibility index (Phi) is 5.03. The first kappa shape index (κ1) is 18.5. The van der Waals surface area contributed by atoms with Crippen molar-refractivity contribution in [2.24, 2.45) is 0 Å². The number of hydrogen-bond donors (Lipinski definition) is 1. The van der Waals surface area contributed by atoms with Crippen LogP contribution >= 0.6 is 0 Å². The van der Waals surface area contributed by atoms with Gasteiger partial charge in [-0.25, -0.2) is 4.98 Å². The average Bonchev–Trinajstić information content (AvgIpc) is 3.16. The first-order valence-corrected chi connectivity index (χ1v) is 10.1. The molecule has 3 heterocycles. The molecule has 1 aliphatic rings. The van der Waals surface area contributed by atoms with Crippen molar-refractivity contribution in [1.29, 1.82) is 0 Å². The van der Waals surface area contributed by atoms with E-state index in [1.165, 1.54) is 18.4 Å². The predicted octanol–water partition coefficient (Wildman–Crippen LogP) is 4.48. The van der Waals surface area contributed by atoms with Gasteiger partial charge in [-0.05, 0) is 49.8 Å². The van der Waals surface area contributed by atoms with E-state index in [1.54, 1.807) is 6.20 Å². The summed E-state index contributed by atoms with van der Waals surface area (Å²) in [4.78, 5) is 19.7. The number of carbonyl (C=O) groups excluding carboxylic acids is 1. The molecule has 1 atom stereocenters. The second-order valence-electron chi connectivity index (χ2n) is 7.87. The molecule has 1 fully saturated rings. The van der Waals surface area contributed by atoms with Crippen LogP contribution in [0.25, 0.3) is 5.65 Å². The first-order valence-electron chi connectivity index (χ1n) is 10.1. The zero-order chi connectivity index (χ0) is 19.7. The van der Waals surface area contributed by atoms with Gasteiger partial charge in [0.15, 0.2) is 5.65 Å². The Morgan fingerprint density at radius 3 is 2.68 bits per heavy atom. The first-order chi connectivity index (χ1) is 13.5. The average molecular weight is 377 g/mol. The van der Waals surface area contributed by atoms with E-state index < -0.39 is 0 Å². The number of fused-ring (bicyclic) bond motifs is 1. The number of benzene rings is 1. The highest BCUT2D eigenvalue weighted by atomic mass is 16.1. The molecule has 2 aromatic heterocycles. The van der Waals surface area contributed by atoms with Crippen LogP contribution in [0.2, 0.25) is 0 Å². The van der Waals surface area contributed by atoms with Gasteiger partial charge >= 0.3 is 0 Å². The van der Waals surface area contributed by atoms with Gasteiger partial charge in [0.1, 0.15) is 11.6 Å². The SMILES string of the molecule is CC(C)c1ccc(C(=O)Nc2cc(N3CCCCC3C)n3nccc3n2)cc1. The van der Waals surface area contributed by atoms with Crippen molar-refractivity contribution < 1.29 is 4.79 Å². The largest absolute Gasteiger partial charge is 0.354 e. The highest BCUT2D eigenvalue weighted by Crippen LogP contribution is 2.27. The van der Waals surface area contributed by atoms with Gasteiger partial charge in [-0.1, -0.05) is 26.0 Å². The summed E-state index contributed by atoms with van der Waals surface area (Å²) in [6.45, 7) is 7.51. The van der Waals surface area contributed by atoms with Gasteiger partial charge in [-0.2, -0.15) is 9.61 Å². The topological polar surface area (TPSA) is 62.5 Å². The molecular weight excluding hydrogens is 350 g/mol. The summed E-state index contributed by atoms with van der Waals surface area (Å²) in [5.41, 5.74) is 2.59. The maximum atomic E-state index is 12.7. The third-order valence-corrected chi connectivity index (χ3v) is 5.52. The number of carbonyl (C=O) groups is 1. The van der Waals surface area contributed by atoms with E-state index in [2.05, 4.69) is 41.1 Å². The fraction of sp³-hybridized carbons (Fsp3) is 0.409. The molecule has 4 rings (SSSR count). The number of aromatic nitrogens is 3. The minimum Gasteiger partial charge on any atom is -0.354 e. The molecule has 146 valence electrons. The summed E-state index contributed by atoms with van der Waals surface area (Å²) in [6.07, 6.45) is 5.33. The number of rotatable bonds is 4. The van der Waals surface area contributed by atoms with Crippen LogP contribution in [0.3, 0.4) is 0 Å². The lowest BCUT2D eigenvalue weighted by Gasteiger charge is -2.35. The lowest BCUT2D eigenvalue weighted by molar-refractivity contribution is 0.102. The fourth-order valence-electron chi connectivity index (χ4n) is 3.81. The quantitative estimate of drug-likeness (QED) is 0.728. The number of amides is 1. The second-order valence-corrected chi connectivity index (χ2v) is 7.87. The van der Waals surface area contributed by atoms with E-state index in [-0.39, 0.29) is 5.91 Å². The van der Waals surface area contributed by atoms with E-state index in [4.69, 9.17) is 0 Å². The van der Waals surface area contributed by atoms with E-state index in [9.17, 15) is 4.79 Å². The summed E-state index contributed by atoms with van der Waals surface area (Å²) in [6, 6.07) is 12.0. The Bertz CT molecular complexity index is 976. The maximum Gasteiger partial charge on any atom is 0.256 e. The van der Waals surface area contributed by atoms with Crippen molar-refractivity contribution in [3.8, 4) is 0 Å². The molecule has 3 aromatic rings. The number of nitrogens with one attached hydrogen (secondary N) is 1. The number of hydrogen-bond acceptors (Lipinski definition) is 4. The van der Waals surface area contributed by atoms with Crippen molar-refractivity contribution in [3.63, 3.8) is 0 Å². The van der Waals surface area contributed by atoms with Crippen LogP contribution in [0, 0.1) is 0 Å². The second kappa shape index (κ2) is 7.62. The van der Waals surface area contributed by atoms with Crippen molar-refractivity contribution in [2.45, 2.75) is 52.0 Å². The number of anilines is 2. The molecule has 0 bridgehead atoms. The molecule has 0 saturated carbocycles. The van der Waals surface area contributed by atoms with Crippen molar-refractivity contribution in [1.82, 2.24) is 14.6 Å². The summed E-state index contributed by atoms with van der Waals surface area (Å²) in [5, 5.41) is 7.40. The zero-order valence-corrected chi connectivity index (χ0v) is 16.7. The van der Waals surface area contributed by atoms with Crippen molar-refractivity contribution in [3.05, 3.63) is 53.7 Å². The molecule has 0 aliphatic carbocycles. The van der Waals surface area contributed by atoms with E-state index in [0.717, 1.165) is 24.4 Å². The molecular formula is C22H27N5O.